The van der Waals surface area contributed by atoms with Crippen LogP contribution in [0.15, 0.2) is 36.7 Å². The summed E-state index contributed by atoms with van der Waals surface area (Å²) < 4.78 is 7.10. The predicted molar refractivity (Wildman–Crippen MR) is 73.1 cm³/mol. The van der Waals surface area contributed by atoms with Crippen LogP contribution in [0.3, 0.4) is 0 Å². The third-order valence-corrected chi connectivity index (χ3v) is 2.64. The molecule has 0 unspecified atom stereocenters. The van der Waals surface area contributed by atoms with Gasteiger partial charge in [-0.15, -0.1) is 0 Å². The lowest BCUT2D eigenvalue weighted by molar-refractivity contribution is -0.122. The van der Waals surface area contributed by atoms with Gasteiger partial charge in [-0.2, -0.15) is 10.4 Å². The number of nitrogens with zero attached hydrogens (tertiary/aromatic N) is 3. The molecule has 0 fully saturated rings. The van der Waals surface area contributed by atoms with Crippen LogP contribution in [0.1, 0.15) is 12.5 Å². The van der Waals surface area contributed by atoms with Crippen molar-refractivity contribution in [3.05, 3.63) is 42.2 Å². The first-order valence-electron chi connectivity index (χ1n) is 6.05. The number of amides is 1. The molecule has 1 amide bonds. The van der Waals surface area contributed by atoms with Crippen LogP contribution in [0, 0.1) is 11.3 Å². The second-order valence-electron chi connectivity index (χ2n) is 4.29. The van der Waals surface area contributed by atoms with Crippen molar-refractivity contribution in [3.63, 3.8) is 0 Å². The normalized spacial score (nSPS) is 11.4. The van der Waals surface area contributed by atoms with Gasteiger partial charge in [-0.05, 0) is 31.2 Å². The van der Waals surface area contributed by atoms with E-state index in [0.717, 1.165) is 0 Å². The van der Waals surface area contributed by atoms with E-state index in [1.54, 1.807) is 55.3 Å². The van der Waals surface area contributed by atoms with E-state index in [-0.39, 0.29) is 5.91 Å². The van der Waals surface area contributed by atoms with Crippen molar-refractivity contribution in [2.45, 2.75) is 13.0 Å². The van der Waals surface area contributed by atoms with Crippen molar-refractivity contribution in [3.8, 4) is 11.8 Å². The number of aromatic nitrogens is 2. The Balaban J connectivity index is 1.95. The molecule has 1 N–H and O–H groups in total. The van der Waals surface area contributed by atoms with E-state index in [1.165, 1.54) is 0 Å². The molecule has 0 radical (unpaired) electrons. The summed E-state index contributed by atoms with van der Waals surface area (Å²) in [5.74, 6) is 0.278. The fourth-order valence-electron chi connectivity index (χ4n) is 1.60. The molecule has 6 heteroatoms. The highest BCUT2D eigenvalue weighted by molar-refractivity contribution is 5.93. The Labute approximate surface area is 116 Å². The predicted octanol–water partition coefficient (Wildman–Crippen LogP) is 1.70. The van der Waals surface area contributed by atoms with E-state index < -0.39 is 6.10 Å². The zero-order valence-electron chi connectivity index (χ0n) is 11.2. The molecule has 0 aliphatic heterocycles. The summed E-state index contributed by atoms with van der Waals surface area (Å²) in [6, 6.07) is 8.62. The molecule has 1 aromatic heterocycles. The molecule has 0 aliphatic carbocycles. The second-order valence-corrected chi connectivity index (χ2v) is 4.29. The topological polar surface area (TPSA) is 79.9 Å². The SMILES string of the molecule is C[C@@H](Oc1ccc(C#N)cc1)C(=O)Nc1cnn(C)c1. The molecular weight excluding hydrogens is 256 g/mol. The summed E-state index contributed by atoms with van der Waals surface area (Å²) in [5.41, 5.74) is 1.16. The summed E-state index contributed by atoms with van der Waals surface area (Å²) >= 11 is 0. The lowest BCUT2D eigenvalue weighted by atomic mass is 10.2. The van der Waals surface area contributed by atoms with Crippen LogP contribution >= 0.6 is 0 Å². The smallest absolute Gasteiger partial charge is 0.265 e. The number of anilines is 1. The molecule has 0 aliphatic rings. The Kier molecular flexibility index (Phi) is 4.01. The third kappa shape index (κ3) is 3.36. The van der Waals surface area contributed by atoms with Crippen molar-refractivity contribution >= 4 is 11.6 Å². The number of hydrogen-bond donors (Lipinski definition) is 1. The molecule has 0 saturated heterocycles. The number of carbonyl (C=O) groups excluding carboxylic acids is 1. The van der Waals surface area contributed by atoms with Gasteiger partial charge in [0.1, 0.15) is 5.75 Å². The lowest BCUT2D eigenvalue weighted by Crippen LogP contribution is -2.30. The molecule has 1 atom stereocenters. The zero-order chi connectivity index (χ0) is 14.5. The van der Waals surface area contributed by atoms with Crippen LogP contribution in [-0.4, -0.2) is 21.8 Å². The quantitative estimate of drug-likeness (QED) is 0.917. The molecule has 2 aromatic rings. The van der Waals surface area contributed by atoms with E-state index in [0.29, 0.717) is 17.0 Å². The van der Waals surface area contributed by atoms with Crippen LogP contribution in [0.5, 0.6) is 5.75 Å². The van der Waals surface area contributed by atoms with Crippen molar-refractivity contribution < 1.29 is 9.53 Å². The molecule has 0 saturated carbocycles. The van der Waals surface area contributed by atoms with Gasteiger partial charge in [-0.3, -0.25) is 9.48 Å². The number of aryl methyl sites for hydroxylation is 1. The lowest BCUT2D eigenvalue weighted by Gasteiger charge is -2.13. The number of hydrogen-bond acceptors (Lipinski definition) is 4. The van der Waals surface area contributed by atoms with E-state index in [1.807, 2.05) is 6.07 Å². The summed E-state index contributed by atoms with van der Waals surface area (Å²) in [4.78, 5) is 11.9. The van der Waals surface area contributed by atoms with Gasteiger partial charge in [-0.25, -0.2) is 0 Å². The molecule has 1 heterocycles. The number of nitriles is 1. The molecule has 0 spiro atoms. The average Bonchev–Trinajstić information content (AvgIpc) is 2.85. The first-order chi connectivity index (χ1) is 9.58. The monoisotopic (exact) mass is 270 g/mol. The molecule has 20 heavy (non-hydrogen) atoms. The number of carbonyl (C=O) groups is 1. The first kappa shape index (κ1) is 13.6. The Morgan fingerprint density at radius 1 is 1.45 bits per heavy atom. The Bertz CT molecular complexity index is 640. The van der Waals surface area contributed by atoms with Gasteiger partial charge in [0.05, 0.1) is 23.5 Å². The van der Waals surface area contributed by atoms with Gasteiger partial charge in [0, 0.05) is 13.2 Å². The maximum atomic E-state index is 11.9. The van der Waals surface area contributed by atoms with Crippen molar-refractivity contribution in [2.24, 2.45) is 7.05 Å². The molecular formula is C14H14N4O2. The van der Waals surface area contributed by atoms with E-state index in [9.17, 15) is 4.79 Å². The molecule has 2 rings (SSSR count). The Hall–Kier alpha value is -2.81. The Morgan fingerprint density at radius 2 is 2.15 bits per heavy atom. The minimum Gasteiger partial charge on any atom is -0.481 e. The van der Waals surface area contributed by atoms with Crippen molar-refractivity contribution in [1.82, 2.24) is 9.78 Å². The van der Waals surface area contributed by atoms with E-state index in [4.69, 9.17) is 10.00 Å². The molecule has 6 nitrogen and oxygen atoms in total. The van der Waals surface area contributed by atoms with Crippen LogP contribution < -0.4 is 10.1 Å². The van der Waals surface area contributed by atoms with Crippen LogP contribution in [0.25, 0.3) is 0 Å². The van der Waals surface area contributed by atoms with Gasteiger partial charge in [0.25, 0.3) is 5.91 Å². The summed E-state index contributed by atoms with van der Waals surface area (Å²) in [6.07, 6.45) is 2.61. The second kappa shape index (κ2) is 5.89. The standard InChI is InChI=1S/C14H14N4O2/c1-10(14(19)17-12-8-16-18(2)9-12)20-13-5-3-11(7-15)4-6-13/h3-6,8-10H,1-2H3,(H,17,19)/t10-/m1/s1. The third-order valence-electron chi connectivity index (χ3n) is 2.64. The van der Waals surface area contributed by atoms with Crippen LogP contribution in [0.2, 0.25) is 0 Å². The molecule has 0 bridgehead atoms. The summed E-state index contributed by atoms with van der Waals surface area (Å²) in [7, 11) is 1.77. The average molecular weight is 270 g/mol. The minimum atomic E-state index is -0.650. The number of benzene rings is 1. The number of nitrogens with one attached hydrogen (secondary N) is 1. The van der Waals surface area contributed by atoms with Crippen LogP contribution in [-0.2, 0) is 11.8 Å². The van der Waals surface area contributed by atoms with Gasteiger partial charge in [0.15, 0.2) is 6.10 Å². The van der Waals surface area contributed by atoms with Crippen LogP contribution in [0.4, 0.5) is 5.69 Å². The van der Waals surface area contributed by atoms with E-state index >= 15 is 0 Å². The molecule has 102 valence electrons. The first-order valence-corrected chi connectivity index (χ1v) is 6.05. The highest BCUT2D eigenvalue weighted by atomic mass is 16.5. The van der Waals surface area contributed by atoms with Crippen molar-refractivity contribution in [1.29, 1.82) is 5.26 Å². The minimum absolute atomic E-state index is 0.262. The number of rotatable bonds is 4. The fraction of sp³-hybridized carbons (Fsp3) is 0.214. The van der Waals surface area contributed by atoms with Gasteiger partial charge in [-0.1, -0.05) is 0 Å². The molecule has 1 aromatic carbocycles. The van der Waals surface area contributed by atoms with Crippen molar-refractivity contribution in [2.75, 3.05) is 5.32 Å². The highest BCUT2D eigenvalue weighted by Crippen LogP contribution is 2.14. The maximum Gasteiger partial charge on any atom is 0.265 e. The van der Waals surface area contributed by atoms with Gasteiger partial charge < -0.3 is 10.1 Å². The largest absolute Gasteiger partial charge is 0.481 e. The Morgan fingerprint density at radius 3 is 2.70 bits per heavy atom. The maximum absolute atomic E-state index is 11.9. The van der Waals surface area contributed by atoms with Gasteiger partial charge >= 0.3 is 0 Å². The zero-order valence-corrected chi connectivity index (χ0v) is 11.2. The summed E-state index contributed by atoms with van der Waals surface area (Å²) in [6.45, 7) is 1.66. The van der Waals surface area contributed by atoms with E-state index in [2.05, 4.69) is 10.4 Å². The summed E-state index contributed by atoms with van der Waals surface area (Å²) in [5, 5.41) is 15.4. The van der Waals surface area contributed by atoms with Gasteiger partial charge in [0.2, 0.25) is 0 Å². The fourth-order valence-corrected chi connectivity index (χ4v) is 1.60. The highest BCUT2D eigenvalue weighted by Gasteiger charge is 2.15. The number of ether oxygens (including phenoxy) is 1.